The Balaban J connectivity index is 2.00. The number of hydrogen-bond acceptors (Lipinski definition) is 8. The van der Waals surface area contributed by atoms with E-state index >= 15 is 0 Å². The topological polar surface area (TPSA) is 129 Å². The molecule has 0 aliphatic rings. The lowest BCUT2D eigenvalue weighted by atomic mass is 10.2. The van der Waals surface area contributed by atoms with Gasteiger partial charge < -0.3 is 24.3 Å². The van der Waals surface area contributed by atoms with Crippen molar-refractivity contribution in [3.8, 4) is 17.2 Å². The minimum absolute atomic E-state index is 0.0474. The molecular formula is C21H26N2O8S. The number of nitrogens with one attached hydrogen (secondary N) is 2. The van der Waals surface area contributed by atoms with Gasteiger partial charge in [-0.1, -0.05) is 0 Å². The summed E-state index contributed by atoms with van der Waals surface area (Å²) in [6.07, 6.45) is -1.20. The number of ether oxygens (including phenoxy) is 4. The Morgan fingerprint density at radius 2 is 1.47 bits per heavy atom. The molecular weight excluding hydrogens is 440 g/mol. The summed E-state index contributed by atoms with van der Waals surface area (Å²) in [5, 5.41) is 2.59. The molecule has 0 aliphatic carbocycles. The molecule has 1 amide bonds. The summed E-state index contributed by atoms with van der Waals surface area (Å²) in [5.41, 5.74) is 0.327. The van der Waals surface area contributed by atoms with Crippen LogP contribution in [0.3, 0.4) is 0 Å². The van der Waals surface area contributed by atoms with Crippen LogP contribution < -0.4 is 24.2 Å². The fourth-order valence-corrected chi connectivity index (χ4v) is 3.77. The maximum absolute atomic E-state index is 12.5. The molecule has 2 aromatic carbocycles. The molecule has 2 atom stereocenters. The average Bonchev–Trinajstić information content (AvgIpc) is 2.78. The van der Waals surface area contributed by atoms with Crippen LogP contribution >= 0.6 is 0 Å². The van der Waals surface area contributed by atoms with Gasteiger partial charge in [0.25, 0.3) is 5.91 Å². The first-order chi connectivity index (χ1) is 15.1. The van der Waals surface area contributed by atoms with E-state index < -0.39 is 34.0 Å². The van der Waals surface area contributed by atoms with E-state index in [1.54, 1.807) is 18.2 Å². The van der Waals surface area contributed by atoms with E-state index in [0.717, 1.165) is 0 Å². The van der Waals surface area contributed by atoms with Gasteiger partial charge in [-0.3, -0.25) is 9.59 Å². The second kappa shape index (κ2) is 10.8. The standard InChI is InChI=1S/C21H26N2O8S/c1-13(23-32(26,27)17-9-6-15(28-3)7-10-17)21(25)31-14(2)20(24)22-18-12-16(29-4)8-11-19(18)30-5/h6-14,23H,1-5H3,(H,22,24)/t13-,14?/m0/s1. The number of carbonyl (C=O) groups is 2. The summed E-state index contributed by atoms with van der Waals surface area (Å²) in [5.74, 6) is -0.174. The lowest BCUT2D eigenvalue weighted by molar-refractivity contribution is -0.154. The van der Waals surface area contributed by atoms with Crippen LogP contribution in [0, 0.1) is 0 Å². The molecule has 0 aliphatic heterocycles. The summed E-state index contributed by atoms with van der Waals surface area (Å²) < 4.78 is 47.6. The Morgan fingerprint density at radius 3 is 2.03 bits per heavy atom. The smallest absolute Gasteiger partial charge is 0.324 e. The van der Waals surface area contributed by atoms with Crippen LogP contribution in [-0.2, 0) is 24.3 Å². The van der Waals surface area contributed by atoms with E-state index in [4.69, 9.17) is 18.9 Å². The summed E-state index contributed by atoms with van der Waals surface area (Å²) in [4.78, 5) is 24.8. The first-order valence-electron chi connectivity index (χ1n) is 9.51. The van der Waals surface area contributed by atoms with Gasteiger partial charge in [0.2, 0.25) is 10.0 Å². The van der Waals surface area contributed by atoms with Crippen LogP contribution in [0.2, 0.25) is 0 Å². The van der Waals surface area contributed by atoms with E-state index in [1.807, 2.05) is 0 Å². The van der Waals surface area contributed by atoms with E-state index in [1.165, 1.54) is 59.4 Å². The number of amides is 1. The van der Waals surface area contributed by atoms with Crippen LogP contribution in [0.1, 0.15) is 13.8 Å². The predicted molar refractivity (Wildman–Crippen MR) is 117 cm³/mol. The Labute approximate surface area is 186 Å². The Morgan fingerprint density at radius 1 is 0.875 bits per heavy atom. The van der Waals surface area contributed by atoms with Gasteiger partial charge in [-0.25, -0.2) is 8.42 Å². The number of carbonyl (C=O) groups excluding carboxylic acids is 2. The number of sulfonamides is 1. The summed E-state index contributed by atoms with van der Waals surface area (Å²) in [6.45, 7) is 2.68. The van der Waals surface area contributed by atoms with Crippen LogP contribution in [0.5, 0.6) is 17.2 Å². The fourth-order valence-electron chi connectivity index (χ4n) is 2.58. The van der Waals surface area contributed by atoms with Crippen LogP contribution in [0.4, 0.5) is 5.69 Å². The molecule has 0 fully saturated rings. The largest absolute Gasteiger partial charge is 0.497 e. The van der Waals surface area contributed by atoms with Gasteiger partial charge in [0.1, 0.15) is 23.3 Å². The minimum Gasteiger partial charge on any atom is -0.497 e. The molecule has 2 N–H and O–H groups in total. The predicted octanol–water partition coefficient (Wildman–Crippen LogP) is 1.95. The average molecular weight is 467 g/mol. The second-order valence-electron chi connectivity index (χ2n) is 6.65. The highest BCUT2D eigenvalue weighted by molar-refractivity contribution is 7.89. The van der Waals surface area contributed by atoms with E-state index in [9.17, 15) is 18.0 Å². The summed E-state index contributed by atoms with van der Waals surface area (Å²) in [6, 6.07) is 9.25. The molecule has 0 saturated heterocycles. The Kier molecular flexibility index (Phi) is 8.44. The zero-order chi connectivity index (χ0) is 23.9. The zero-order valence-corrected chi connectivity index (χ0v) is 19.2. The van der Waals surface area contributed by atoms with Crippen LogP contribution in [0.25, 0.3) is 0 Å². The van der Waals surface area contributed by atoms with Crippen molar-refractivity contribution in [2.24, 2.45) is 0 Å². The Hall–Kier alpha value is -3.31. The van der Waals surface area contributed by atoms with Crippen molar-refractivity contribution in [2.45, 2.75) is 30.9 Å². The minimum atomic E-state index is -3.99. The first kappa shape index (κ1) is 25.0. The molecule has 1 unspecified atom stereocenters. The molecule has 0 bridgehead atoms. The fraction of sp³-hybridized carbons (Fsp3) is 0.333. The van der Waals surface area contributed by atoms with Crippen LogP contribution in [-0.4, -0.2) is 53.8 Å². The number of rotatable bonds is 10. The van der Waals surface area contributed by atoms with Gasteiger partial charge in [-0.15, -0.1) is 0 Å². The lowest BCUT2D eigenvalue weighted by Gasteiger charge is -2.18. The molecule has 2 aromatic rings. The number of methoxy groups -OCH3 is 3. The molecule has 0 aromatic heterocycles. The van der Waals surface area contributed by atoms with Crippen molar-refractivity contribution in [1.82, 2.24) is 4.72 Å². The monoisotopic (exact) mass is 466 g/mol. The Bertz CT molecular complexity index is 1050. The zero-order valence-electron chi connectivity index (χ0n) is 18.4. The maximum atomic E-state index is 12.5. The number of hydrogen-bond donors (Lipinski definition) is 2. The third-order valence-corrected chi connectivity index (χ3v) is 5.94. The van der Waals surface area contributed by atoms with Gasteiger partial charge in [0.05, 0.1) is 31.9 Å². The van der Waals surface area contributed by atoms with E-state index in [0.29, 0.717) is 22.9 Å². The highest BCUT2D eigenvalue weighted by atomic mass is 32.2. The molecule has 0 heterocycles. The summed E-state index contributed by atoms with van der Waals surface area (Å²) in [7, 11) is 0.392. The highest BCUT2D eigenvalue weighted by Crippen LogP contribution is 2.29. The normalized spacial score (nSPS) is 12.9. The molecule has 32 heavy (non-hydrogen) atoms. The molecule has 0 saturated carbocycles. The van der Waals surface area contributed by atoms with Crippen molar-refractivity contribution in [2.75, 3.05) is 26.6 Å². The van der Waals surface area contributed by atoms with Gasteiger partial charge in [0, 0.05) is 6.07 Å². The van der Waals surface area contributed by atoms with E-state index in [2.05, 4.69) is 10.0 Å². The van der Waals surface area contributed by atoms with Gasteiger partial charge >= 0.3 is 5.97 Å². The second-order valence-corrected chi connectivity index (χ2v) is 8.37. The number of anilines is 1. The maximum Gasteiger partial charge on any atom is 0.324 e. The van der Waals surface area contributed by atoms with Crippen molar-refractivity contribution >= 4 is 27.6 Å². The SMILES string of the molecule is COc1ccc(S(=O)(=O)N[C@@H](C)C(=O)OC(C)C(=O)Nc2cc(OC)ccc2OC)cc1. The summed E-state index contributed by atoms with van der Waals surface area (Å²) >= 11 is 0. The number of esters is 1. The van der Waals surface area contributed by atoms with Crippen molar-refractivity contribution < 1.29 is 37.0 Å². The number of benzene rings is 2. The van der Waals surface area contributed by atoms with Gasteiger partial charge in [-0.2, -0.15) is 4.72 Å². The third-order valence-electron chi connectivity index (χ3n) is 4.38. The van der Waals surface area contributed by atoms with Crippen LogP contribution in [0.15, 0.2) is 47.4 Å². The van der Waals surface area contributed by atoms with Crippen molar-refractivity contribution in [3.05, 3.63) is 42.5 Å². The van der Waals surface area contributed by atoms with E-state index in [-0.39, 0.29) is 4.90 Å². The lowest BCUT2D eigenvalue weighted by Crippen LogP contribution is -2.42. The first-order valence-corrected chi connectivity index (χ1v) is 11.0. The molecule has 11 heteroatoms. The molecule has 174 valence electrons. The molecule has 0 spiro atoms. The van der Waals surface area contributed by atoms with Crippen molar-refractivity contribution in [3.63, 3.8) is 0 Å². The third kappa shape index (κ3) is 6.34. The highest BCUT2D eigenvalue weighted by Gasteiger charge is 2.27. The quantitative estimate of drug-likeness (QED) is 0.509. The van der Waals surface area contributed by atoms with Gasteiger partial charge in [-0.05, 0) is 50.2 Å². The molecule has 2 rings (SSSR count). The van der Waals surface area contributed by atoms with Gasteiger partial charge in [0.15, 0.2) is 6.10 Å². The van der Waals surface area contributed by atoms with Crippen molar-refractivity contribution in [1.29, 1.82) is 0 Å². The molecule has 0 radical (unpaired) electrons. The molecule has 10 nitrogen and oxygen atoms in total.